The molecule has 2 aliphatic rings. The third-order valence-corrected chi connectivity index (χ3v) is 8.06. The monoisotopic (exact) mass is 548 g/mol. The lowest BCUT2D eigenvalue weighted by atomic mass is 9.95. The number of halogens is 3. The van der Waals surface area contributed by atoms with Crippen LogP contribution in [0.2, 0.25) is 0 Å². The van der Waals surface area contributed by atoms with Crippen molar-refractivity contribution in [3.63, 3.8) is 0 Å². The molecule has 3 aromatic rings. The van der Waals surface area contributed by atoms with Crippen molar-refractivity contribution in [1.82, 2.24) is 9.78 Å². The second-order valence-electron chi connectivity index (χ2n) is 9.21. The number of carbonyl (C=O) groups excluding carboxylic acids is 2. The molecule has 1 aromatic carbocycles. The highest BCUT2D eigenvalue weighted by Gasteiger charge is 2.47. The number of aromatic nitrogens is 2. The van der Waals surface area contributed by atoms with Gasteiger partial charge in [0.25, 0.3) is 5.91 Å². The Hall–Kier alpha value is -3.54. The number of alkyl halides is 3. The van der Waals surface area contributed by atoms with E-state index in [1.807, 2.05) is 0 Å². The molecule has 12 heteroatoms. The summed E-state index contributed by atoms with van der Waals surface area (Å²) >= 11 is 1.31. The molecule has 8 nitrogen and oxygen atoms in total. The fraction of sp³-hybridized carbons (Fsp3) is 0.423. The molecule has 38 heavy (non-hydrogen) atoms. The largest absolute Gasteiger partial charge is 0.497 e. The first kappa shape index (κ1) is 26.1. The normalized spacial score (nSPS) is 18.7. The van der Waals surface area contributed by atoms with Crippen LogP contribution in [0.15, 0.2) is 30.5 Å². The van der Waals surface area contributed by atoms with Gasteiger partial charge in [0.15, 0.2) is 6.04 Å². The second kappa shape index (κ2) is 10.3. The Morgan fingerprint density at radius 2 is 2.05 bits per heavy atom. The summed E-state index contributed by atoms with van der Waals surface area (Å²) in [5.41, 5.74) is 1.75. The van der Waals surface area contributed by atoms with Gasteiger partial charge in [0.05, 0.1) is 31.5 Å². The van der Waals surface area contributed by atoms with Crippen molar-refractivity contribution in [3.8, 4) is 5.75 Å². The van der Waals surface area contributed by atoms with E-state index in [0.29, 0.717) is 28.3 Å². The minimum absolute atomic E-state index is 0.0390. The Kier molecular flexibility index (Phi) is 7.08. The van der Waals surface area contributed by atoms with Gasteiger partial charge in [0.1, 0.15) is 22.1 Å². The molecule has 1 aliphatic carbocycles. The van der Waals surface area contributed by atoms with Crippen LogP contribution in [0.5, 0.6) is 5.75 Å². The molecule has 1 amide bonds. The van der Waals surface area contributed by atoms with Gasteiger partial charge in [-0.05, 0) is 55.9 Å². The average molecular weight is 549 g/mol. The maximum absolute atomic E-state index is 14.1. The van der Waals surface area contributed by atoms with Gasteiger partial charge in [-0.25, -0.2) is 9.48 Å². The number of carbonyl (C=O) groups is 2. The van der Waals surface area contributed by atoms with Crippen LogP contribution < -0.4 is 15.4 Å². The van der Waals surface area contributed by atoms with Crippen molar-refractivity contribution in [3.05, 3.63) is 57.6 Å². The van der Waals surface area contributed by atoms with Crippen molar-refractivity contribution in [2.45, 2.75) is 57.3 Å². The van der Waals surface area contributed by atoms with Crippen LogP contribution in [-0.4, -0.2) is 41.5 Å². The Morgan fingerprint density at radius 3 is 2.79 bits per heavy atom. The third kappa shape index (κ3) is 4.84. The fourth-order valence-corrected chi connectivity index (χ4v) is 6.32. The highest BCUT2D eigenvalue weighted by atomic mass is 32.1. The Morgan fingerprint density at radius 1 is 1.26 bits per heavy atom. The summed E-state index contributed by atoms with van der Waals surface area (Å²) in [5, 5.41) is 10.1. The highest BCUT2D eigenvalue weighted by molar-refractivity contribution is 7.17. The molecule has 0 spiro atoms. The zero-order chi connectivity index (χ0) is 27.0. The number of methoxy groups -OCH3 is 1. The number of nitrogens with one attached hydrogen (secondary N) is 2. The molecule has 0 fully saturated rings. The highest BCUT2D eigenvalue weighted by Crippen LogP contribution is 2.45. The molecule has 2 aromatic heterocycles. The molecule has 2 atom stereocenters. The topological polar surface area (TPSA) is 94.5 Å². The minimum Gasteiger partial charge on any atom is -0.497 e. The summed E-state index contributed by atoms with van der Waals surface area (Å²) < 4.78 is 53.6. The van der Waals surface area contributed by atoms with E-state index in [4.69, 9.17) is 9.47 Å². The first-order valence-corrected chi connectivity index (χ1v) is 13.2. The molecular formula is C26H27F3N4O4S. The van der Waals surface area contributed by atoms with Crippen LogP contribution in [0, 0.1) is 0 Å². The number of hydrogen-bond donors (Lipinski definition) is 2. The van der Waals surface area contributed by atoms with E-state index in [2.05, 4.69) is 15.7 Å². The molecule has 0 bridgehead atoms. The predicted molar refractivity (Wildman–Crippen MR) is 136 cm³/mol. The number of fused-ring (bicyclic) bond motifs is 2. The lowest BCUT2D eigenvalue weighted by Crippen LogP contribution is -2.36. The zero-order valence-electron chi connectivity index (χ0n) is 20.9. The zero-order valence-corrected chi connectivity index (χ0v) is 21.7. The lowest BCUT2D eigenvalue weighted by Gasteiger charge is -2.34. The molecule has 0 radical (unpaired) electrons. The SMILES string of the molecule is CCOC(=O)c1c(NC(=O)c2cnn3c2N[C@@H](c2cccc(OC)c2)C[C@H]3C(F)(F)F)sc2c1CCCC2. The third-order valence-electron chi connectivity index (χ3n) is 6.86. The molecule has 5 rings (SSSR count). The number of rotatable bonds is 6. The van der Waals surface area contributed by atoms with E-state index in [1.165, 1.54) is 18.4 Å². The number of ether oxygens (including phenoxy) is 2. The van der Waals surface area contributed by atoms with Crippen molar-refractivity contribution >= 4 is 34.0 Å². The van der Waals surface area contributed by atoms with Gasteiger partial charge in [0, 0.05) is 11.3 Å². The molecule has 202 valence electrons. The van der Waals surface area contributed by atoms with Crippen molar-refractivity contribution in [2.24, 2.45) is 0 Å². The lowest BCUT2D eigenvalue weighted by molar-refractivity contribution is -0.173. The van der Waals surface area contributed by atoms with E-state index in [9.17, 15) is 22.8 Å². The molecular weight excluding hydrogens is 521 g/mol. The Balaban J connectivity index is 1.50. The first-order chi connectivity index (χ1) is 18.2. The van der Waals surface area contributed by atoms with Crippen LogP contribution in [0.3, 0.4) is 0 Å². The summed E-state index contributed by atoms with van der Waals surface area (Å²) in [6, 6.07) is 4.11. The standard InChI is InChI=1S/C26H27F3N4O4S/c1-3-37-25(35)21-16-9-4-5-10-19(16)38-24(21)32-23(34)17-13-30-33-20(26(27,28)29)12-18(31-22(17)33)14-7-6-8-15(11-14)36-2/h6-8,11,13,18,20,31H,3-5,9-10,12H2,1-2H3,(H,32,34)/t18-,20+/m1/s1. The maximum Gasteiger partial charge on any atom is 0.410 e. The van der Waals surface area contributed by atoms with Gasteiger partial charge in [-0.3, -0.25) is 4.79 Å². The smallest absolute Gasteiger partial charge is 0.410 e. The summed E-state index contributed by atoms with van der Waals surface area (Å²) in [5.74, 6) is -0.705. The van der Waals surface area contributed by atoms with E-state index < -0.39 is 30.1 Å². The summed E-state index contributed by atoms with van der Waals surface area (Å²) in [6.07, 6.45) is -0.363. The molecule has 1 aliphatic heterocycles. The Labute approximate surface area is 221 Å². The number of hydrogen-bond acceptors (Lipinski definition) is 7. The summed E-state index contributed by atoms with van der Waals surface area (Å²) in [6.45, 7) is 1.89. The first-order valence-electron chi connectivity index (χ1n) is 12.4. The number of anilines is 2. The molecule has 2 N–H and O–H groups in total. The fourth-order valence-electron chi connectivity index (χ4n) is 5.05. The number of aryl methyl sites for hydroxylation is 1. The summed E-state index contributed by atoms with van der Waals surface area (Å²) in [7, 11) is 1.48. The van der Waals surface area contributed by atoms with Crippen molar-refractivity contribution < 1.29 is 32.2 Å². The van der Waals surface area contributed by atoms with Gasteiger partial charge in [-0.2, -0.15) is 18.3 Å². The number of thiophene rings is 1. The molecule has 0 unspecified atom stereocenters. The number of benzene rings is 1. The van der Waals surface area contributed by atoms with Crippen LogP contribution >= 0.6 is 11.3 Å². The van der Waals surface area contributed by atoms with E-state index in [-0.39, 0.29) is 24.4 Å². The molecule has 3 heterocycles. The number of nitrogens with zero attached hydrogens (tertiary/aromatic N) is 2. The van der Waals surface area contributed by atoms with Crippen LogP contribution in [0.1, 0.15) is 75.0 Å². The molecule has 0 saturated heterocycles. The molecule has 0 saturated carbocycles. The van der Waals surface area contributed by atoms with Crippen molar-refractivity contribution in [1.29, 1.82) is 0 Å². The van der Waals surface area contributed by atoms with Gasteiger partial charge in [0.2, 0.25) is 0 Å². The maximum atomic E-state index is 14.1. The second-order valence-corrected chi connectivity index (χ2v) is 10.3. The summed E-state index contributed by atoms with van der Waals surface area (Å²) in [4.78, 5) is 27.2. The number of esters is 1. The average Bonchev–Trinajstić information content (AvgIpc) is 3.49. The quantitative estimate of drug-likeness (QED) is 0.372. The predicted octanol–water partition coefficient (Wildman–Crippen LogP) is 5.92. The van der Waals surface area contributed by atoms with E-state index in [1.54, 1.807) is 31.2 Å². The van der Waals surface area contributed by atoms with Crippen LogP contribution in [0.25, 0.3) is 0 Å². The Bertz CT molecular complexity index is 1370. The van der Waals surface area contributed by atoms with Gasteiger partial charge < -0.3 is 20.1 Å². The van der Waals surface area contributed by atoms with Crippen LogP contribution in [0.4, 0.5) is 24.0 Å². The van der Waals surface area contributed by atoms with Gasteiger partial charge >= 0.3 is 12.1 Å². The van der Waals surface area contributed by atoms with Gasteiger partial charge in [-0.1, -0.05) is 12.1 Å². The number of amides is 1. The van der Waals surface area contributed by atoms with E-state index in [0.717, 1.165) is 40.6 Å². The minimum atomic E-state index is -4.59. The van der Waals surface area contributed by atoms with E-state index >= 15 is 0 Å². The van der Waals surface area contributed by atoms with Crippen molar-refractivity contribution in [2.75, 3.05) is 24.4 Å². The van der Waals surface area contributed by atoms with Gasteiger partial charge in [-0.15, -0.1) is 11.3 Å². The van der Waals surface area contributed by atoms with Crippen LogP contribution in [-0.2, 0) is 17.6 Å².